The van der Waals surface area contributed by atoms with Crippen molar-refractivity contribution in [2.24, 2.45) is 0 Å². The van der Waals surface area contributed by atoms with Crippen LogP contribution in [0.25, 0.3) is 0 Å². The topological polar surface area (TPSA) is 0 Å². The Morgan fingerprint density at radius 3 is 1.00 bits per heavy atom. The second kappa shape index (κ2) is 17.7. The van der Waals surface area contributed by atoms with Gasteiger partial charge in [0.25, 0.3) is 0 Å². The summed E-state index contributed by atoms with van der Waals surface area (Å²) in [7, 11) is 0. The van der Waals surface area contributed by atoms with Gasteiger partial charge in [-0.3, -0.25) is 0 Å². The minimum atomic E-state index is 0. The molecule has 0 aromatic carbocycles. The molecule has 4 heteroatoms. The van der Waals surface area contributed by atoms with E-state index in [0.717, 1.165) is 0 Å². The van der Waals surface area contributed by atoms with Gasteiger partial charge in [-0.1, -0.05) is 0 Å². The number of hydrogen-bond acceptors (Lipinski definition) is 0. The molecule has 0 amide bonds. The van der Waals surface area contributed by atoms with Crippen molar-refractivity contribution in [2.75, 3.05) is 0 Å². The Morgan fingerprint density at radius 1 is 1.00 bits per heavy atom. The van der Waals surface area contributed by atoms with Crippen molar-refractivity contribution in [3.63, 3.8) is 0 Å². The van der Waals surface area contributed by atoms with Crippen LogP contribution in [0.2, 0.25) is 0 Å². The first-order chi connectivity index (χ1) is 0. The average molecular weight is 292 g/mol. The van der Waals surface area contributed by atoms with Gasteiger partial charge in [0.1, 0.15) is 0 Å². The summed E-state index contributed by atoms with van der Waals surface area (Å²) in [6.45, 7) is 0. The third kappa shape index (κ3) is 8.82. The van der Waals surface area contributed by atoms with Crippen LogP contribution in [0.1, 0.15) is 0 Å². The zero-order valence-corrected chi connectivity index (χ0v) is 8.59. The molecule has 0 aliphatic heterocycles. The Bertz CT molecular complexity index is 8.00. The fraction of sp³-hybridized carbons (Fsp3) is 0. The van der Waals surface area contributed by atoms with Gasteiger partial charge >= 0.3 is 0 Å². The predicted octanol–water partition coefficient (Wildman–Crippen LogP) is -0.0100. The summed E-state index contributed by atoms with van der Waals surface area (Å²) in [6.07, 6.45) is 0. The SMILES string of the molecule is [Cr].[Mo].[Nb].[V]. The maximum Gasteiger partial charge on any atom is 0 e. The molecule has 2 radical (unpaired) electrons. The summed E-state index contributed by atoms with van der Waals surface area (Å²) >= 11 is 0. The van der Waals surface area contributed by atoms with Crippen molar-refractivity contribution in [1.82, 2.24) is 0 Å². The summed E-state index contributed by atoms with van der Waals surface area (Å²) in [4.78, 5) is 0. The number of hydrogen-bond donors (Lipinski definition) is 0. The molecule has 22 valence electrons. The molecule has 0 aromatic rings. The van der Waals surface area contributed by atoms with E-state index in [1.807, 2.05) is 0 Å². The van der Waals surface area contributed by atoms with Gasteiger partial charge in [0.2, 0.25) is 0 Å². The molecular weight excluding hydrogens is 292 g/mol. The third-order valence-corrected chi connectivity index (χ3v) is 0. The van der Waals surface area contributed by atoms with E-state index >= 15 is 0 Å². The summed E-state index contributed by atoms with van der Waals surface area (Å²) in [5.74, 6) is 0. The Morgan fingerprint density at radius 2 is 1.00 bits per heavy atom. The fourth-order valence-electron chi connectivity index (χ4n) is 0. The standard InChI is InChI=1S/Cr.Mo.Nb.V. The monoisotopic (exact) mass is 294 g/mol. The van der Waals surface area contributed by atoms with Gasteiger partial charge in [0, 0.05) is 79.4 Å². The van der Waals surface area contributed by atoms with E-state index in [-0.39, 0.29) is 79.4 Å². The molecule has 0 aliphatic carbocycles. The van der Waals surface area contributed by atoms with E-state index in [4.69, 9.17) is 0 Å². The van der Waals surface area contributed by atoms with Crippen molar-refractivity contribution in [3.8, 4) is 0 Å². The van der Waals surface area contributed by atoms with Crippen molar-refractivity contribution in [3.05, 3.63) is 0 Å². The predicted molar refractivity (Wildman–Crippen MR) is 0 cm³/mol. The quantitative estimate of drug-likeness (QED) is 0.551. The van der Waals surface area contributed by atoms with Crippen LogP contribution in [0.5, 0.6) is 0 Å². The van der Waals surface area contributed by atoms with Gasteiger partial charge < -0.3 is 0 Å². The maximum absolute atomic E-state index is 0. The zero-order chi connectivity index (χ0) is 0. The maximum atomic E-state index is 0. The molecule has 0 saturated heterocycles. The van der Waals surface area contributed by atoms with Gasteiger partial charge in [-0.05, 0) is 0 Å². The van der Waals surface area contributed by atoms with Crippen LogP contribution >= 0.6 is 0 Å². The van der Waals surface area contributed by atoms with Gasteiger partial charge in [-0.25, -0.2) is 0 Å². The molecule has 4 heavy (non-hydrogen) atoms. The third-order valence-electron chi connectivity index (χ3n) is 0. The first kappa shape index (κ1) is 31.1. The van der Waals surface area contributed by atoms with E-state index in [0.29, 0.717) is 0 Å². The molecule has 0 nitrogen and oxygen atoms in total. The van der Waals surface area contributed by atoms with Crippen LogP contribution in [0.3, 0.4) is 0 Å². The van der Waals surface area contributed by atoms with Crippen LogP contribution in [-0.4, -0.2) is 0 Å². The minimum Gasteiger partial charge on any atom is 0 e. The summed E-state index contributed by atoms with van der Waals surface area (Å²) in [5, 5.41) is 0. The average Bonchev–Trinajstić information content (AvgIpc) is 0. The number of rotatable bonds is 0. The van der Waals surface area contributed by atoms with Crippen LogP contribution in [0.4, 0.5) is 0 Å². The van der Waals surface area contributed by atoms with E-state index in [1.165, 1.54) is 0 Å². The summed E-state index contributed by atoms with van der Waals surface area (Å²) < 4.78 is 0. The van der Waals surface area contributed by atoms with Gasteiger partial charge in [-0.15, -0.1) is 0 Å². The van der Waals surface area contributed by atoms with Gasteiger partial charge in [0.05, 0.1) is 0 Å². The van der Waals surface area contributed by atoms with E-state index in [2.05, 4.69) is 0 Å². The molecule has 0 fully saturated rings. The zero-order valence-electron chi connectivity index (χ0n) is 1.71. The fourth-order valence-corrected chi connectivity index (χ4v) is 0. The normalized spacial score (nSPS) is 0. The van der Waals surface area contributed by atoms with Gasteiger partial charge in [-0.2, -0.15) is 0 Å². The molecule has 0 aliphatic rings. The Balaban J connectivity index is 0. The van der Waals surface area contributed by atoms with Crippen molar-refractivity contribution < 1.29 is 79.4 Å². The molecular formula is CrMoNbV. The first-order valence-electron chi connectivity index (χ1n) is 0. The minimum absolute atomic E-state index is 0. The Hall–Kier alpha value is 2.55. The molecule has 0 bridgehead atoms. The Labute approximate surface area is 78.3 Å². The van der Waals surface area contributed by atoms with E-state index < -0.39 is 0 Å². The second-order valence-corrected chi connectivity index (χ2v) is 0. The summed E-state index contributed by atoms with van der Waals surface area (Å²) in [5.41, 5.74) is 0. The second-order valence-electron chi connectivity index (χ2n) is 0. The molecule has 0 heterocycles. The van der Waals surface area contributed by atoms with Crippen molar-refractivity contribution >= 4 is 0 Å². The van der Waals surface area contributed by atoms with Gasteiger partial charge in [0.15, 0.2) is 0 Å². The van der Waals surface area contributed by atoms with Crippen LogP contribution in [-0.2, 0) is 79.4 Å². The molecule has 0 N–H and O–H groups in total. The Kier molecular flexibility index (Phi) is 137. The van der Waals surface area contributed by atoms with Crippen LogP contribution in [0, 0.1) is 0 Å². The first-order valence-corrected chi connectivity index (χ1v) is 0. The molecule has 0 saturated carbocycles. The molecule has 0 aromatic heterocycles. The van der Waals surface area contributed by atoms with Crippen LogP contribution < -0.4 is 0 Å². The van der Waals surface area contributed by atoms with E-state index in [1.54, 1.807) is 0 Å². The largest absolute Gasteiger partial charge is 0 e. The van der Waals surface area contributed by atoms with Crippen molar-refractivity contribution in [2.45, 2.75) is 0 Å². The van der Waals surface area contributed by atoms with Crippen LogP contribution in [0.15, 0.2) is 0 Å². The smallest absolute Gasteiger partial charge is 0 e. The molecule has 0 unspecified atom stereocenters. The molecule has 0 atom stereocenters. The molecule has 0 spiro atoms. The molecule has 0 rings (SSSR count). The van der Waals surface area contributed by atoms with Crippen molar-refractivity contribution in [1.29, 1.82) is 0 Å². The summed E-state index contributed by atoms with van der Waals surface area (Å²) in [6, 6.07) is 0. The van der Waals surface area contributed by atoms with E-state index in [9.17, 15) is 0 Å².